The van der Waals surface area contributed by atoms with Gasteiger partial charge in [0.1, 0.15) is 17.3 Å². The molecule has 4 aliphatic heterocycles. The summed E-state index contributed by atoms with van der Waals surface area (Å²) in [5.41, 5.74) is 1.77. The molecule has 37 heavy (non-hydrogen) atoms. The lowest BCUT2D eigenvalue weighted by Gasteiger charge is -2.50. The fourth-order valence-electron chi connectivity index (χ4n) is 6.40. The molecule has 10 nitrogen and oxygen atoms in total. The standard InChI is InChI=1S/C27H38N8O2/c1-18-13-25(32-31-18)29-24-16-22(23-9-6-12-37-23)28-27(30-24)33(2)21-14-19-7-5-8-20(15-21)35(19)17-26(36)34-10-3-4-11-34/h9,13,16,19-21H,3-8,10-12,14-15,17H2,1-2H3,(H2,28,29,30,31,32)/t19-,20+,21+. The van der Waals surface area contributed by atoms with Crippen LogP contribution in [-0.2, 0) is 9.53 Å². The van der Waals surface area contributed by atoms with E-state index in [0.29, 0.717) is 49.0 Å². The van der Waals surface area contributed by atoms with Crippen LogP contribution in [0.3, 0.4) is 0 Å². The van der Waals surface area contributed by atoms with E-state index in [-0.39, 0.29) is 0 Å². The zero-order valence-electron chi connectivity index (χ0n) is 21.9. The third-order valence-electron chi connectivity index (χ3n) is 8.37. The second kappa shape index (κ2) is 10.3. The van der Waals surface area contributed by atoms with E-state index in [1.807, 2.05) is 19.1 Å². The van der Waals surface area contributed by atoms with E-state index in [4.69, 9.17) is 14.7 Å². The molecule has 0 aromatic carbocycles. The topological polar surface area (TPSA) is 103 Å². The molecule has 0 unspecified atom stereocenters. The number of piperidine rings is 2. The zero-order valence-corrected chi connectivity index (χ0v) is 21.9. The number of aromatic amines is 1. The molecule has 3 atom stereocenters. The number of H-pyrrole nitrogens is 1. The van der Waals surface area contributed by atoms with Gasteiger partial charge in [0.2, 0.25) is 11.9 Å². The molecule has 4 aliphatic rings. The van der Waals surface area contributed by atoms with Crippen LogP contribution in [0.5, 0.6) is 0 Å². The number of carbonyl (C=O) groups is 1. The van der Waals surface area contributed by atoms with E-state index < -0.39 is 0 Å². The largest absolute Gasteiger partial charge is 0.491 e. The fourth-order valence-corrected chi connectivity index (χ4v) is 6.40. The quantitative estimate of drug-likeness (QED) is 0.589. The highest BCUT2D eigenvalue weighted by Gasteiger charge is 2.41. The number of anilines is 3. The normalized spacial score (nSPS) is 25.6. The number of rotatable bonds is 7. The van der Waals surface area contributed by atoms with E-state index in [1.165, 1.54) is 6.42 Å². The fraction of sp³-hybridized carbons (Fsp3) is 0.630. The first-order valence-electron chi connectivity index (χ1n) is 13.8. The number of nitrogens with one attached hydrogen (secondary N) is 2. The average molecular weight is 507 g/mol. The van der Waals surface area contributed by atoms with Gasteiger partial charge in [-0.05, 0) is 51.5 Å². The van der Waals surface area contributed by atoms with Crippen molar-refractivity contribution < 1.29 is 9.53 Å². The molecule has 0 radical (unpaired) electrons. The van der Waals surface area contributed by atoms with Gasteiger partial charge in [0.05, 0.1) is 13.2 Å². The molecular weight excluding hydrogens is 468 g/mol. The molecule has 0 spiro atoms. The summed E-state index contributed by atoms with van der Waals surface area (Å²) in [6.07, 6.45) is 10.9. The van der Waals surface area contributed by atoms with Crippen molar-refractivity contribution in [3.8, 4) is 0 Å². The molecule has 0 saturated carbocycles. The number of aromatic nitrogens is 4. The number of carbonyl (C=O) groups excluding carboxylic acids is 1. The SMILES string of the molecule is Cc1cc(Nc2cc(C3=CCCO3)nc(N(C)[C@H]3C[C@H]4CCC[C@@H](C3)N4CC(=O)N3CCCC3)n2)n[nH]1. The highest BCUT2D eigenvalue weighted by Crippen LogP contribution is 2.37. The molecule has 198 valence electrons. The number of ether oxygens (including phenoxy) is 1. The number of hydrogen-bond acceptors (Lipinski definition) is 8. The van der Waals surface area contributed by atoms with Crippen molar-refractivity contribution in [3.05, 3.63) is 29.6 Å². The molecule has 2 aromatic rings. The van der Waals surface area contributed by atoms with Crippen LogP contribution in [0.2, 0.25) is 0 Å². The number of fused-ring (bicyclic) bond motifs is 2. The number of aryl methyl sites for hydroxylation is 1. The van der Waals surface area contributed by atoms with Gasteiger partial charge in [0, 0.05) is 62.5 Å². The smallest absolute Gasteiger partial charge is 0.236 e. The summed E-state index contributed by atoms with van der Waals surface area (Å²) in [4.78, 5) is 29.6. The summed E-state index contributed by atoms with van der Waals surface area (Å²) in [7, 11) is 2.11. The number of nitrogens with zero attached hydrogens (tertiary/aromatic N) is 6. The maximum atomic E-state index is 13.0. The van der Waals surface area contributed by atoms with Gasteiger partial charge in [0.25, 0.3) is 0 Å². The molecule has 2 aromatic heterocycles. The predicted octanol–water partition coefficient (Wildman–Crippen LogP) is 3.46. The molecule has 10 heteroatoms. The van der Waals surface area contributed by atoms with Gasteiger partial charge in [0.15, 0.2) is 5.82 Å². The van der Waals surface area contributed by atoms with Gasteiger partial charge >= 0.3 is 0 Å². The van der Waals surface area contributed by atoms with Crippen molar-refractivity contribution in [2.24, 2.45) is 0 Å². The highest BCUT2D eigenvalue weighted by atomic mass is 16.5. The number of amides is 1. The van der Waals surface area contributed by atoms with E-state index in [9.17, 15) is 4.79 Å². The molecule has 6 heterocycles. The Balaban J connectivity index is 1.21. The second-order valence-corrected chi connectivity index (χ2v) is 10.9. The van der Waals surface area contributed by atoms with E-state index in [0.717, 1.165) is 81.0 Å². The Labute approximate surface area is 218 Å². The maximum Gasteiger partial charge on any atom is 0.236 e. The Morgan fingerprint density at radius 2 is 1.92 bits per heavy atom. The molecule has 2 bridgehead atoms. The van der Waals surface area contributed by atoms with Crippen LogP contribution < -0.4 is 10.2 Å². The average Bonchev–Trinajstić information content (AvgIpc) is 3.67. The summed E-state index contributed by atoms with van der Waals surface area (Å²) >= 11 is 0. The predicted molar refractivity (Wildman–Crippen MR) is 143 cm³/mol. The lowest BCUT2D eigenvalue weighted by atomic mass is 9.81. The molecular formula is C27H38N8O2. The lowest BCUT2D eigenvalue weighted by Crippen LogP contribution is -2.58. The van der Waals surface area contributed by atoms with E-state index in [1.54, 1.807) is 0 Å². The maximum absolute atomic E-state index is 13.0. The van der Waals surface area contributed by atoms with Crippen LogP contribution in [0.4, 0.5) is 17.6 Å². The third-order valence-corrected chi connectivity index (χ3v) is 8.37. The number of likely N-dealkylation sites (tertiary alicyclic amines) is 1. The van der Waals surface area contributed by atoms with Crippen LogP contribution in [0.25, 0.3) is 5.76 Å². The highest BCUT2D eigenvalue weighted by molar-refractivity contribution is 5.78. The van der Waals surface area contributed by atoms with Crippen molar-refractivity contribution >= 4 is 29.3 Å². The third kappa shape index (κ3) is 5.16. The monoisotopic (exact) mass is 506 g/mol. The Morgan fingerprint density at radius 1 is 1.14 bits per heavy atom. The van der Waals surface area contributed by atoms with Crippen LogP contribution in [0.15, 0.2) is 18.2 Å². The van der Waals surface area contributed by atoms with Gasteiger partial charge in [-0.15, -0.1) is 0 Å². The van der Waals surface area contributed by atoms with Gasteiger partial charge in [-0.2, -0.15) is 10.1 Å². The summed E-state index contributed by atoms with van der Waals surface area (Å²) < 4.78 is 5.84. The summed E-state index contributed by atoms with van der Waals surface area (Å²) in [6.45, 7) is 5.08. The van der Waals surface area contributed by atoms with Crippen LogP contribution in [0, 0.1) is 6.92 Å². The minimum absolute atomic E-state index is 0.311. The molecule has 2 N–H and O–H groups in total. The molecule has 1 amide bonds. The van der Waals surface area contributed by atoms with Crippen molar-refractivity contribution in [2.75, 3.05) is 43.5 Å². The van der Waals surface area contributed by atoms with Gasteiger partial charge < -0.3 is 19.9 Å². The van der Waals surface area contributed by atoms with Crippen LogP contribution in [0.1, 0.15) is 62.8 Å². The van der Waals surface area contributed by atoms with Crippen LogP contribution >= 0.6 is 0 Å². The van der Waals surface area contributed by atoms with Crippen molar-refractivity contribution in [1.29, 1.82) is 0 Å². The minimum atomic E-state index is 0.311. The van der Waals surface area contributed by atoms with Crippen molar-refractivity contribution in [1.82, 2.24) is 30.0 Å². The molecule has 3 fully saturated rings. The summed E-state index contributed by atoms with van der Waals surface area (Å²) in [6, 6.07) is 5.07. The minimum Gasteiger partial charge on any atom is -0.491 e. The molecule has 3 saturated heterocycles. The first-order valence-corrected chi connectivity index (χ1v) is 13.8. The first-order chi connectivity index (χ1) is 18.0. The molecule has 0 aliphatic carbocycles. The Bertz CT molecular complexity index is 1140. The lowest BCUT2D eigenvalue weighted by molar-refractivity contribution is -0.134. The van der Waals surface area contributed by atoms with Gasteiger partial charge in [-0.25, -0.2) is 4.98 Å². The zero-order chi connectivity index (χ0) is 25.4. The van der Waals surface area contributed by atoms with E-state index >= 15 is 0 Å². The van der Waals surface area contributed by atoms with Gasteiger partial charge in [-0.3, -0.25) is 14.8 Å². The second-order valence-electron chi connectivity index (χ2n) is 10.9. The first kappa shape index (κ1) is 24.2. The Morgan fingerprint density at radius 3 is 2.59 bits per heavy atom. The van der Waals surface area contributed by atoms with Gasteiger partial charge in [-0.1, -0.05) is 6.42 Å². The van der Waals surface area contributed by atoms with Crippen molar-refractivity contribution in [3.63, 3.8) is 0 Å². The Kier molecular flexibility index (Phi) is 6.75. The van der Waals surface area contributed by atoms with E-state index in [2.05, 4.69) is 43.3 Å². The number of hydrogen-bond donors (Lipinski definition) is 2. The summed E-state index contributed by atoms with van der Waals surface area (Å²) in [5.74, 6) is 3.23. The van der Waals surface area contributed by atoms with Crippen LogP contribution in [-0.4, -0.2) is 87.3 Å². The summed E-state index contributed by atoms with van der Waals surface area (Å²) in [5, 5.41) is 10.6. The Hall–Kier alpha value is -3.14. The molecule has 6 rings (SSSR count). The van der Waals surface area contributed by atoms with Crippen molar-refractivity contribution in [2.45, 2.75) is 76.4 Å².